The van der Waals surface area contributed by atoms with Crippen LogP contribution in [0.4, 0.5) is 0 Å². The van der Waals surface area contributed by atoms with E-state index in [2.05, 4.69) is 16.9 Å². The van der Waals surface area contributed by atoms with E-state index in [1.54, 1.807) is 36.4 Å². The van der Waals surface area contributed by atoms with Crippen molar-refractivity contribution in [3.63, 3.8) is 0 Å². The van der Waals surface area contributed by atoms with Gasteiger partial charge in [0, 0.05) is 25.7 Å². The predicted octanol–water partition coefficient (Wildman–Crippen LogP) is 4.90. The summed E-state index contributed by atoms with van der Waals surface area (Å²) < 4.78 is 11.0. The van der Waals surface area contributed by atoms with Crippen LogP contribution in [0.5, 0.6) is 5.75 Å². The molecule has 3 atom stereocenters. The molecule has 0 amide bonds. The smallest absolute Gasteiger partial charge is 0.129 e. The molecule has 0 aliphatic carbocycles. The fourth-order valence-electron chi connectivity index (χ4n) is 3.84. The molecule has 0 bridgehead atoms. The van der Waals surface area contributed by atoms with Crippen molar-refractivity contribution in [1.29, 1.82) is 0 Å². The molecule has 2 heterocycles. The summed E-state index contributed by atoms with van der Waals surface area (Å²) in [5, 5.41) is 22.4. The number of aromatic nitrogens is 2. The highest BCUT2D eigenvalue weighted by atomic mass is 35.5. The van der Waals surface area contributed by atoms with E-state index < -0.39 is 12.2 Å². The summed E-state index contributed by atoms with van der Waals surface area (Å²) in [4.78, 5) is 10.5. The van der Waals surface area contributed by atoms with Crippen LogP contribution in [0.1, 0.15) is 43.0 Å². The second kappa shape index (κ2) is 14.5. The molecule has 0 aliphatic heterocycles. The van der Waals surface area contributed by atoms with Crippen molar-refractivity contribution in [3.05, 3.63) is 87.9 Å². The largest absolute Gasteiger partial charge is 0.491 e. The zero-order chi connectivity index (χ0) is 25.9. The molecule has 2 N–H and O–H groups in total. The van der Waals surface area contributed by atoms with Crippen LogP contribution < -0.4 is 4.74 Å². The fraction of sp³-hybridized carbons (Fsp3) is 0.407. The van der Waals surface area contributed by atoms with Crippen molar-refractivity contribution in [1.82, 2.24) is 14.9 Å². The van der Waals surface area contributed by atoms with Gasteiger partial charge in [-0.1, -0.05) is 47.5 Å². The summed E-state index contributed by atoms with van der Waals surface area (Å²) in [6, 6.07) is 18.2. The maximum absolute atomic E-state index is 10.9. The molecule has 3 rings (SSSR count). The van der Waals surface area contributed by atoms with Gasteiger partial charge in [0.1, 0.15) is 34.9 Å². The third-order valence-electron chi connectivity index (χ3n) is 5.75. The lowest BCUT2D eigenvalue weighted by molar-refractivity contribution is 0.0452. The normalized spacial score (nSPS) is 14.0. The fourth-order valence-corrected chi connectivity index (χ4v) is 4.18. The van der Waals surface area contributed by atoms with Crippen LogP contribution in [-0.4, -0.2) is 64.0 Å². The molecule has 36 heavy (non-hydrogen) atoms. The Morgan fingerprint density at radius 1 is 0.833 bits per heavy atom. The molecule has 7 nitrogen and oxygen atoms in total. The van der Waals surface area contributed by atoms with E-state index in [0.29, 0.717) is 47.9 Å². The van der Waals surface area contributed by atoms with Crippen molar-refractivity contribution >= 4 is 23.2 Å². The van der Waals surface area contributed by atoms with Gasteiger partial charge in [0.05, 0.1) is 18.0 Å². The van der Waals surface area contributed by atoms with Crippen molar-refractivity contribution in [3.8, 4) is 5.75 Å². The molecule has 1 aromatic carbocycles. The van der Waals surface area contributed by atoms with E-state index in [1.165, 1.54) is 0 Å². The molecule has 3 aromatic rings. The molecular formula is C27H33Cl2N3O4. The number of halogens is 2. The van der Waals surface area contributed by atoms with Crippen molar-refractivity contribution in [2.24, 2.45) is 0 Å². The highest BCUT2D eigenvalue weighted by Crippen LogP contribution is 2.22. The van der Waals surface area contributed by atoms with E-state index in [1.807, 2.05) is 36.1 Å². The first kappa shape index (κ1) is 28.3. The Morgan fingerprint density at radius 3 is 1.89 bits per heavy atom. The van der Waals surface area contributed by atoms with Crippen molar-refractivity contribution < 1.29 is 19.7 Å². The van der Waals surface area contributed by atoms with E-state index in [4.69, 9.17) is 32.7 Å². The third kappa shape index (κ3) is 9.00. The first-order valence-corrected chi connectivity index (χ1v) is 12.8. The quantitative estimate of drug-likeness (QED) is 0.225. The van der Waals surface area contributed by atoms with Crippen LogP contribution >= 0.6 is 23.2 Å². The van der Waals surface area contributed by atoms with Crippen LogP contribution in [0.25, 0.3) is 0 Å². The first-order valence-electron chi connectivity index (χ1n) is 12.0. The second-order valence-electron chi connectivity index (χ2n) is 8.50. The minimum absolute atomic E-state index is 0.0163. The Balaban J connectivity index is 1.70. The Hall–Kier alpha value is -2.26. The molecule has 9 heteroatoms. The lowest BCUT2D eigenvalue weighted by Gasteiger charge is -2.32. The molecular weight excluding hydrogens is 501 g/mol. The molecule has 0 unspecified atom stereocenters. The minimum Gasteiger partial charge on any atom is -0.491 e. The number of hydrogen-bond donors (Lipinski definition) is 2. The average Bonchev–Trinajstić information content (AvgIpc) is 2.87. The lowest BCUT2D eigenvalue weighted by atomic mass is 10.0. The predicted molar refractivity (Wildman–Crippen MR) is 142 cm³/mol. The second-order valence-corrected chi connectivity index (χ2v) is 9.27. The number of nitrogens with zero attached hydrogens (tertiary/aromatic N) is 3. The highest BCUT2D eigenvalue weighted by Gasteiger charge is 2.24. The number of pyridine rings is 2. The van der Waals surface area contributed by atoms with Gasteiger partial charge in [-0.25, -0.2) is 9.97 Å². The lowest BCUT2D eigenvalue weighted by Crippen LogP contribution is -2.40. The van der Waals surface area contributed by atoms with Crippen LogP contribution in [0, 0.1) is 0 Å². The molecule has 0 saturated carbocycles. The van der Waals surface area contributed by atoms with Crippen LogP contribution in [0.15, 0.2) is 60.7 Å². The van der Waals surface area contributed by atoms with Gasteiger partial charge in [0.25, 0.3) is 0 Å². The highest BCUT2D eigenvalue weighted by molar-refractivity contribution is 6.29. The minimum atomic E-state index is -0.883. The number of aliphatic hydroxyl groups is 2. The molecule has 0 radical (unpaired) electrons. The topological polar surface area (TPSA) is 87.9 Å². The molecule has 0 fully saturated rings. The van der Waals surface area contributed by atoms with Gasteiger partial charge in [0.15, 0.2) is 0 Å². The summed E-state index contributed by atoms with van der Waals surface area (Å²) in [6.07, 6.45) is -1.07. The molecule has 0 saturated heterocycles. The number of rotatable bonds is 14. The standard InChI is InChI=1S/C27H33Cl2N3O4/c1-3-35-14-15-36-21-12-10-20(11-13-21)16-19(2)32(17-24(33)22-6-4-8-26(28)30-22)18-25(34)23-7-5-9-27(29)31-23/h4-13,19,24-25,33-34H,3,14-18H2,1-2H3/t19-,24-,25-/m1/s1. The molecule has 0 spiro atoms. The average molecular weight is 534 g/mol. The van der Waals surface area contributed by atoms with Gasteiger partial charge in [-0.2, -0.15) is 0 Å². The molecule has 194 valence electrons. The van der Waals surface area contributed by atoms with Gasteiger partial charge in [-0.3, -0.25) is 4.90 Å². The van der Waals surface area contributed by atoms with Crippen molar-refractivity contribution in [2.75, 3.05) is 32.9 Å². The molecule has 2 aromatic heterocycles. The van der Waals surface area contributed by atoms with E-state index in [0.717, 1.165) is 11.3 Å². The Kier molecular flexibility index (Phi) is 11.4. The van der Waals surface area contributed by atoms with Crippen LogP contribution in [-0.2, 0) is 11.2 Å². The Labute approximate surface area is 222 Å². The zero-order valence-electron chi connectivity index (χ0n) is 20.6. The van der Waals surface area contributed by atoms with E-state index >= 15 is 0 Å². The SMILES string of the molecule is CCOCCOc1ccc(C[C@@H](C)N(C[C@@H](O)c2cccc(Cl)n2)C[C@@H](O)c2cccc(Cl)n2)cc1. The monoisotopic (exact) mass is 533 g/mol. The number of benzene rings is 1. The van der Waals surface area contributed by atoms with Crippen LogP contribution in [0.3, 0.4) is 0 Å². The maximum Gasteiger partial charge on any atom is 0.129 e. The Bertz CT molecular complexity index is 1020. The van der Waals surface area contributed by atoms with Gasteiger partial charge in [-0.15, -0.1) is 0 Å². The maximum atomic E-state index is 10.9. The summed E-state index contributed by atoms with van der Waals surface area (Å²) in [5.41, 5.74) is 2.06. The van der Waals surface area contributed by atoms with Gasteiger partial charge >= 0.3 is 0 Å². The first-order chi connectivity index (χ1) is 17.4. The van der Waals surface area contributed by atoms with E-state index in [9.17, 15) is 10.2 Å². The number of ether oxygens (including phenoxy) is 2. The summed E-state index contributed by atoms with van der Waals surface area (Å²) in [7, 11) is 0. The number of hydrogen-bond acceptors (Lipinski definition) is 7. The zero-order valence-corrected chi connectivity index (χ0v) is 22.1. The van der Waals surface area contributed by atoms with Gasteiger partial charge in [-0.05, 0) is 62.2 Å². The summed E-state index contributed by atoms with van der Waals surface area (Å²) in [6.45, 7) is 6.24. The van der Waals surface area contributed by atoms with Crippen molar-refractivity contribution in [2.45, 2.75) is 38.5 Å². The summed E-state index contributed by atoms with van der Waals surface area (Å²) in [5.74, 6) is 0.785. The van der Waals surface area contributed by atoms with Crippen LogP contribution in [0.2, 0.25) is 10.3 Å². The Morgan fingerprint density at radius 2 is 1.39 bits per heavy atom. The number of aliphatic hydroxyl groups excluding tert-OH is 2. The third-order valence-corrected chi connectivity index (χ3v) is 6.17. The summed E-state index contributed by atoms with van der Waals surface area (Å²) >= 11 is 12.0. The van der Waals surface area contributed by atoms with Gasteiger partial charge in [0.2, 0.25) is 0 Å². The van der Waals surface area contributed by atoms with Gasteiger partial charge < -0.3 is 19.7 Å². The van der Waals surface area contributed by atoms with E-state index in [-0.39, 0.29) is 19.1 Å². The molecule has 0 aliphatic rings.